The van der Waals surface area contributed by atoms with Gasteiger partial charge in [-0.1, -0.05) is 12.1 Å². The summed E-state index contributed by atoms with van der Waals surface area (Å²) in [5, 5.41) is 0. The van der Waals surface area contributed by atoms with Gasteiger partial charge >= 0.3 is 0 Å². The third-order valence-corrected chi connectivity index (χ3v) is 4.29. The molecule has 0 saturated carbocycles. The van der Waals surface area contributed by atoms with Gasteiger partial charge in [0.25, 0.3) is 0 Å². The second-order valence-corrected chi connectivity index (χ2v) is 6.03. The van der Waals surface area contributed by atoms with Gasteiger partial charge in [0.05, 0.1) is 6.61 Å². The molecule has 1 aliphatic heterocycles. The lowest BCUT2D eigenvalue weighted by Gasteiger charge is -2.26. The number of hydrogen-bond donors (Lipinski definition) is 1. The Morgan fingerprint density at radius 3 is 3.04 bits per heavy atom. The molecule has 0 aliphatic carbocycles. The lowest BCUT2D eigenvalue weighted by Crippen LogP contribution is -2.31. The number of amides is 1. The molecule has 0 saturated heterocycles. The quantitative estimate of drug-likeness (QED) is 0.840. The van der Waals surface area contributed by atoms with Gasteiger partial charge in [0.1, 0.15) is 5.52 Å². The van der Waals surface area contributed by atoms with Crippen LogP contribution in [0.2, 0.25) is 0 Å². The topological polar surface area (TPSA) is 81.6 Å². The van der Waals surface area contributed by atoms with Gasteiger partial charge in [-0.3, -0.25) is 9.69 Å². The number of oxazole rings is 1. The van der Waals surface area contributed by atoms with E-state index in [-0.39, 0.29) is 12.3 Å². The van der Waals surface area contributed by atoms with Crippen molar-refractivity contribution in [2.75, 3.05) is 33.4 Å². The first kappa shape index (κ1) is 16.7. The van der Waals surface area contributed by atoms with Gasteiger partial charge in [-0.15, -0.1) is 0 Å². The number of hydrogen-bond acceptors (Lipinski definition) is 5. The van der Waals surface area contributed by atoms with Crippen molar-refractivity contribution in [1.82, 2.24) is 9.88 Å². The van der Waals surface area contributed by atoms with E-state index in [1.54, 1.807) is 7.11 Å². The van der Waals surface area contributed by atoms with Crippen molar-refractivity contribution >= 4 is 22.6 Å². The monoisotopic (exact) mass is 329 g/mol. The number of benzene rings is 1. The van der Waals surface area contributed by atoms with Crippen LogP contribution in [0.25, 0.3) is 16.7 Å². The maximum Gasteiger partial charge on any atom is 0.217 e. The van der Waals surface area contributed by atoms with Gasteiger partial charge in [0, 0.05) is 39.6 Å². The first-order valence-corrected chi connectivity index (χ1v) is 8.24. The number of carbonyl (C=O) groups excluding carboxylic acids is 1. The van der Waals surface area contributed by atoms with E-state index in [9.17, 15) is 4.79 Å². The van der Waals surface area contributed by atoms with Crippen LogP contribution >= 0.6 is 0 Å². The Labute approximate surface area is 141 Å². The molecule has 2 heterocycles. The molecule has 24 heavy (non-hydrogen) atoms. The molecule has 6 nitrogen and oxygen atoms in total. The summed E-state index contributed by atoms with van der Waals surface area (Å²) in [4.78, 5) is 17.7. The van der Waals surface area contributed by atoms with Crippen molar-refractivity contribution in [2.45, 2.75) is 19.3 Å². The van der Waals surface area contributed by atoms with Crippen molar-refractivity contribution in [3.05, 3.63) is 35.7 Å². The molecule has 1 aliphatic rings. The predicted molar refractivity (Wildman–Crippen MR) is 92.4 cm³/mol. The van der Waals surface area contributed by atoms with Gasteiger partial charge in [-0.2, -0.15) is 0 Å². The fourth-order valence-electron chi connectivity index (χ4n) is 2.91. The molecule has 0 spiro atoms. The third kappa shape index (κ3) is 4.01. The summed E-state index contributed by atoms with van der Waals surface area (Å²) >= 11 is 0. The van der Waals surface area contributed by atoms with Gasteiger partial charge in [-0.25, -0.2) is 4.98 Å². The Morgan fingerprint density at radius 1 is 1.46 bits per heavy atom. The molecule has 6 heteroatoms. The number of rotatable bonds is 7. The average Bonchev–Trinajstić information content (AvgIpc) is 3.00. The average molecular weight is 329 g/mol. The van der Waals surface area contributed by atoms with Crippen molar-refractivity contribution < 1.29 is 13.9 Å². The van der Waals surface area contributed by atoms with Crippen LogP contribution in [-0.2, 0) is 16.0 Å². The van der Waals surface area contributed by atoms with E-state index in [4.69, 9.17) is 14.9 Å². The minimum Gasteiger partial charge on any atom is -0.441 e. The fourth-order valence-corrected chi connectivity index (χ4v) is 2.91. The number of aromatic nitrogens is 1. The summed E-state index contributed by atoms with van der Waals surface area (Å²) in [6.45, 7) is 3.70. The van der Waals surface area contributed by atoms with Gasteiger partial charge in [0.15, 0.2) is 11.5 Å². The number of aryl methyl sites for hydroxylation is 1. The summed E-state index contributed by atoms with van der Waals surface area (Å²) in [7, 11) is 1.73. The Morgan fingerprint density at radius 2 is 2.33 bits per heavy atom. The zero-order valence-corrected chi connectivity index (χ0v) is 14.0. The highest BCUT2D eigenvalue weighted by Gasteiger charge is 2.14. The van der Waals surface area contributed by atoms with Crippen molar-refractivity contribution in [2.24, 2.45) is 5.73 Å². The Balaban J connectivity index is 1.71. The maximum absolute atomic E-state index is 10.9. The molecule has 1 amide bonds. The van der Waals surface area contributed by atoms with Crippen LogP contribution in [0.1, 0.15) is 24.3 Å². The molecule has 0 atom stereocenters. The molecule has 0 fully saturated rings. The van der Waals surface area contributed by atoms with Crippen LogP contribution < -0.4 is 5.73 Å². The van der Waals surface area contributed by atoms with Crippen LogP contribution in [-0.4, -0.2) is 49.1 Å². The smallest absolute Gasteiger partial charge is 0.217 e. The maximum atomic E-state index is 10.9. The van der Waals surface area contributed by atoms with E-state index < -0.39 is 0 Å². The number of fused-ring (bicyclic) bond motifs is 1. The standard InChI is InChI=1S/C18H23N3O3/c1-23-11-10-21-8-6-13(7-9-21)14-2-3-15-16(12-14)24-18(20-15)5-4-17(19)22/h2-3,6,12H,4-5,7-11H2,1H3,(H2,19,22). The van der Waals surface area contributed by atoms with E-state index in [0.29, 0.717) is 12.3 Å². The summed E-state index contributed by atoms with van der Waals surface area (Å²) in [5.41, 5.74) is 9.25. The van der Waals surface area contributed by atoms with E-state index in [2.05, 4.69) is 22.0 Å². The highest BCUT2D eigenvalue weighted by atomic mass is 16.5. The molecule has 3 rings (SSSR count). The molecule has 1 aromatic carbocycles. The molecular formula is C18H23N3O3. The van der Waals surface area contributed by atoms with Crippen molar-refractivity contribution in [3.8, 4) is 0 Å². The largest absolute Gasteiger partial charge is 0.441 e. The number of methoxy groups -OCH3 is 1. The molecule has 2 N–H and O–H groups in total. The SMILES string of the molecule is COCCN1CC=C(c2ccc3nc(CCC(N)=O)oc3c2)CC1. The third-order valence-electron chi connectivity index (χ3n) is 4.29. The summed E-state index contributed by atoms with van der Waals surface area (Å²) in [6.07, 6.45) is 3.97. The predicted octanol–water partition coefficient (Wildman–Crippen LogP) is 1.98. The first-order valence-electron chi connectivity index (χ1n) is 8.24. The highest BCUT2D eigenvalue weighted by Crippen LogP contribution is 2.26. The number of carbonyl (C=O) groups is 1. The number of ether oxygens (including phenoxy) is 1. The first-order chi connectivity index (χ1) is 11.7. The van der Waals surface area contributed by atoms with Crippen LogP contribution in [0.3, 0.4) is 0 Å². The Kier molecular flexibility index (Phi) is 5.27. The molecule has 1 aromatic heterocycles. The van der Waals surface area contributed by atoms with Gasteiger partial charge < -0.3 is 14.9 Å². The molecule has 0 bridgehead atoms. The minimum absolute atomic E-state index is 0.252. The van der Waals surface area contributed by atoms with Crippen LogP contribution in [0, 0.1) is 0 Å². The van der Waals surface area contributed by atoms with E-state index in [1.165, 1.54) is 11.1 Å². The van der Waals surface area contributed by atoms with E-state index in [1.807, 2.05) is 12.1 Å². The molecule has 0 unspecified atom stereocenters. The summed E-state index contributed by atoms with van der Waals surface area (Å²) < 4.78 is 10.9. The van der Waals surface area contributed by atoms with Crippen molar-refractivity contribution in [3.63, 3.8) is 0 Å². The lowest BCUT2D eigenvalue weighted by molar-refractivity contribution is -0.118. The normalized spacial score (nSPS) is 15.6. The molecule has 0 radical (unpaired) electrons. The summed E-state index contributed by atoms with van der Waals surface area (Å²) in [6, 6.07) is 6.09. The zero-order chi connectivity index (χ0) is 16.9. The van der Waals surface area contributed by atoms with Crippen LogP contribution in [0.4, 0.5) is 0 Å². The summed E-state index contributed by atoms with van der Waals surface area (Å²) in [5.74, 6) is 0.215. The zero-order valence-electron chi connectivity index (χ0n) is 14.0. The Bertz CT molecular complexity index is 751. The minimum atomic E-state index is -0.344. The van der Waals surface area contributed by atoms with E-state index in [0.717, 1.165) is 43.8 Å². The molecule has 128 valence electrons. The number of nitrogens with two attached hydrogens (primary N) is 1. The number of nitrogens with zero attached hydrogens (tertiary/aromatic N) is 2. The Hall–Kier alpha value is -2.18. The molecule has 2 aromatic rings. The van der Waals surface area contributed by atoms with E-state index >= 15 is 0 Å². The number of primary amides is 1. The second-order valence-electron chi connectivity index (χ2n) is 6.03. The van der Waals surface area contributed by atoms with Crippen LogP contribution in [0.15, 0.2) is 28.7 Å². The highest BCUT2D eigenvalue weighted by molar-refractivity contribution is 5.79. The second kappa shape index (κ2) is 7.59. The van der Waals surface area contributed by atoms with Gasteiger partial charge in [0.2, 0.25) is 5.91 Å². The lowest BCUT2D eigenvalue weighted by atomic mass is 9.99. The van der Waals surface area contributed by atoms with Crippen molar-refractivity contribution in [1.29, 1.82) is 0 Å². The fraction of sp³-hybridized carbons (Fsp3) is 0.444. The molecular weight excluding hydrogens is 306 g/mol. The van der Waals surface area contributed by atoms with Gasteiger partial charge in [-0.05, 0) is 29.7 Å². The van der Waals surface area contributed by atoms with Crippen LogP contribution in [0.5, 0.6) is 0 Å².